The Morgan fingerprint density at radius 3 is 3.00 bits per heavy atom. The zero-order valence-corrected chi connectivity index (χ0v) is 7.99. The Bertz CT molecular complexity index is 257. The van der Waals surface area contributed by atoms with E-state index in [1.165, 1.54) is 10.4 Å². The van der Waals surface area contributed by atoms with Crippen LogP contribution in [0.2, 0.25) is 0 Å². The molecule has 1 aromatic heterocycles. The van der Waals surface area contributed by atoms with Gasteiger partial charge >= 0.3 is 0 Å². The van der Waals surface area contributed by atoms with Crippen molar-refractivity contribution in [1.82, 2.24) is 0 Å². The molecule has 0 bridgehead atoms. The van der Waals surface area contributed by atoms with Crippen LogP contribution in [0.4, 0.5) is 5.69 Å². The van der Waals surface area contributed by atoms with Crippen LogP contribution in [0.3, 0.4) is 0 Å². The first-order valence-corrected chi connectivity index (χ1v) is 5.08. The number of hydrogen-bond acceptors (Lipinski definition) is 3. The molecule has 2 rings (SSSR count). The van der Waals surface area contributed by atoms with Crippen molar-refractivity contribution >= 4 is 17.0 Å². The number of nitrogen functional groups attached to an aromatic ring is 1. The number of rotatable bonds is 1. The molecule has 1 fully saturated rings. The lowest BCUT2D eigenvalue weighted by Crippen LogP contribution is -2.01. The zero-order valence-electron chi connectivity index (χ0n) is 7.17. The third-order valence-electron chi connectivity index (χ3n) is 2.39. The SMILES string of the molecule is Cc1scc(N)c1C1CCOC1. The molecule has 0 amide bonds. The van der Waals surface area contributed by atoms with Gasteiger partial charge in [0.05, 0.1) is 6.61 Å². The molecule has 2 nitrogen and oxygen atoms in total. The number of thiophene rings is 1. The van der Waals surface area contributed by atoms with Gasteiger partial charge in [0.1, 0.15) is 0 Å². The van der Waals surface area contributed by atoms with E-state index in [2.05, 4.69) is 6.92 Å². The molecule has 0 radical (unpaired) electrons. The maximum absolute atomic E-state index is 5.88. The summed E-state index contributed by atoms with van der Waals surface area (Å²) in [4.78, 5) is 1.35. The molecule has 1 saturated heterocycles. The molecule has 0 aliphatic carbocycles. The van der Waals surface area contributed by atoms with Gasteiger partial charge in [-0.15, -0.1) is 11.3 Å². The maximum Gasteiger partial charge on any atom is 0.0536 e. The number of hydrogen-bond donors (Lipinski definition) is 1. The molecule has 3 heteroatoms. The fourth-order valence-electron chi connectivity index (χ4n) is 1.77. The molecule has 66 valence electrons. The number of nitrogens with two attached hydrogens (primary N) is 1. The summed E-state index contributed by atoms with van der Waals surface area (Å²) >= 11 is 1.74. The molecule has 2 N–H and O–H groups in total. The summed E-state index contributed by atoms with van der Waals surface area (Å²) in [7, 11) is 0. The second kappa shape index (κ2) is 3.07. The van der Waals surface area contributed by atoms with Crippen molar-refractivity contribution in [2.75, 3.05) is 18.9 Å². The topological polar surface area (TPSA) is 35.2 Å². The van der Waals surface area contributed by atoms with Gasteiger partial charge in [-0.25, -0.2) is 0 Å². The molecule has 0 spiro atoms. The zero-order chi connectivity index (χ0) is 8.55. The molecule has 0 saturated carbocycles. The number of anilines is 1. The first-order chi connectivity index (χ1) is 5.79. The van der Waals surface area contributed by atoms with E-state index in [9.17, 15) is 0 Å². The third kappa shape index (κ3) is 1.23. The van der Waals surface area contributed by atoms with Crippen molar-refractivity contribution in [2.45, 2.75) is 19.3 Å². The smallest absolute Gasteiger partial charge is 0.0536 e. The summed E-state index contributed by atoms with van der Waals surface area (Å²) in [6.07, 6.45) is 1.13. The van der Waals surface area contributed by atoms with E-state index in [-0.39, 0.29) is 0 Å². The van der Waals surface area contributed by atoms with Crippen molar-refractivity contribution in [2.24, 2.45) is 0 Å². The van der Waals surface area contributed by atoms with Gasteiger partial charge in [0, 0.05) is 28.5 Å². The molecular formula is C9H13NOS. The predicted molar refractivity (Wildman–Crippen MR) is 51.6 cm³/mol. The van der Waals surface area contributed by atoms with Crippen molar-refractivity contribution in [3.63, 3.8) is 0 Å². The quantitative estimate of drug-likeness (QED) is 0.724. The van der Waals surface area contributed by atoms with Crippen LogP contribution >= 0.6 is 11.3 Å². The Hall–Kier alpha value is -0.540. The van der Waals surface area contributed by atoms with E-state index in [0.29, 0.717) is 5.92 Å². The molecule has 1 unspecified atom stereocenters. The Balaban J connectivity index is 2.30. The third-order valence-corrected chi connectivity index (χ3v) is 3.34. The average Bonchev–Trinajstić information content (AvgIpc) is 2.61. The summed E-state index contributed by atoms with van der Waals surface area (Å²) in [5, 5.41) is 2.03. The van der Waals surface area contributed by atoms with Crippen LogP contribution in [0.5, 0.6) is 0 Å². The molecule has 1 aromatic rings. The standard InChI is InChI=1S/C9H13NOS/c1-6-9(8(10)5-12-6)7-2-3-11-4-7/h5,7H,2-4,10H2,1H3. The van der Waals surface area contributed by atoms with Gasteiger partial charge in [0.25, 0.3) is 0 Å². The van der Waals surface area contributed by atoms with Gasteiger partial charge in [-0.05, 0) is 18.9 Å². The summed E-state index contributed by atoms with van der Waals surface area (Å²) in [6, 6.07) is 0. The molecule has 1 atom stereocenters. The number of aryl methyl sites for hydroxylation is 1. The van der Waals surface area contributed by atoms with E-state index < -0.39 is 0 Å². The highest BCUT2D eigenvalue weighted by Crippen LogP contribution is 2.35. The predicted octanol–water partition coefficient (Wildman–Crippen LogP) is 2.14. The van der Waals surface area contributed by atoms with Crippen LogP contribution in [-0.4, -0.2) is 13.2 Å². The summed E-state index contributed by atoms with van der Waals surface area (Å²) in [5.74, 6) is 0.552. The first kappa shape index (κ1) is 8.08. The monoisotopic (exact) mass is 183 g/mol. The maximum atomic E-state index is 5.88. The van der Waals surface area contributed by atoms with Crippen molar-refractivity contribution in [1.29, 1.82) is 0 Å². The van der Waals surface area contributed by atoms with Gasteiger partial charge in [-0.1, -0.05) is 0 Å². The Morgan fingerprint density at radius 1 is 1.67 bits per heavy atom. The van der Waals surface area contributed by atoms with Gasteiger partial charge in [-0.3, -0.25) is 0 Å². The molecule has 12 heavy (non-hydrogen) atoms. The lowest BCUT2D eigenvalue weighted by molar-refractivity contribution is 0.194. The van der Waals surface area contributed by atoms with Crippen LogP contribution in [0.25, 0.3) is 0 Å². The second-order valence-corrected chi connectivity index (χ2v) is 4.31. The molecular weight excluding hydrogens is 170 g/mol. The van der Waals surface area contributed by atoms with E-state index >= 15 is 0 Å². The fourth-order valence-corrected chi connectivity index (χ4v) is 2.61. The van der Waals surface area contributed by atoms with Gasteiger partial charge in [0.2, 0.25) is 0 Å². The average molecular weight is 183 g/mol. The van der Waals surface area contributed by atoms with E-state index in [0.717, 1.165) is 25.3 Å². The lowest BCUT2D eigenvalue weighted by Gasteiger charge is -2.08. The van der Waals surface area contributed by atoms with Gasteiger partial charge in [0.15, 0.2) is 0 Å². The Kier molecular flexibility index (Phi) is 2.07. The van der Waals surface area contributed by atoms with Crippen molar-refractivity contribution < 1.29 is 4.74 Å². The minimum absolute atomic E-state index is 0.552. The summed E-state index contributed by atoms with van der Waals surface area (Å²) < 4.78 is 5.34. The van der Waals surface area contributed by atoms with Crippen LogP contribution < -0.4 is 5.73 Å². The highest BCUT2D eigenvalue weighted by atomic mass is 32.1. The number of ether oxygens (including phenoxy) is 1. The van der Waals surface area contributed by atoms with E-state index in [1.54, 1.807) is 11.3 Å². The lowest BCUT2D eigenvalue weighted by atomic mass is 9.98. The fraction of sp³-hybridized carbons (Fsp3) is 0.556. The first-order valence-electron chi connectivity index (χ1n) is 4.20. The van der Waals surface area contributed by atoms with E-state index in [4.69, 9.17) is 10.5 Å². The molecule has 1 aliphatic rings. The summed E-state index contributed by atoms with van der Waals surface area (Å²) in [5.41, 5.74) is 8.16. The van der Waals surface area contributed by atoms with Crippen LogP contribution in [0.15, 0.2) is 5.38 Å². The van der Waals surface area contributed by atoms with Crippen LogP contribution in [0.1, 0.15) is 22.8 Å². The highest BCUT2D eigenvalue weighted by Gasteiger charge is 2.22. The van der Waals surface area contributed by atoms with Crippen molar-refractivity contribution in [3.8, 4) is 0 Å². The Morgan fingerprint density at radius 2 is 2.50 bits per heavy atom. The molecule has 1 aliphatic heterocycles. The molecule has 2 heterocycles. The van der Waals surface area contributed by atoms with Crippen molar-refractivity contribution in [3.05, 3.63) is 15.8 Å². The largest absolute Gasteiger partial charge is 0.398 e. The minimum Gasteiger partial charge on any atom is -0.398 e. The Labute approximate surface area is 76.3 Å². The van der Waals surface area contributed by atoms with E-state index in [1.807, 2.05) is 5.38 Å². The van der Waals surface area contributed by atoms with Gasteiger partial charge in [-0.2, -0.15) is 0 Å². The summed E-state index contributed by atoms with van der Waals surface area (Å²) in [6.45, 7) is 3.87. The normalized spacial score (nSPS) is 23.2. The second-order valence-electron chi connectivity index (χ2n) is 3.22. The highest BCUT2D eigenvalue weighted by molar-refractivity contribution is 7.10. The molecule has 0 aromatic carbocycles. The van der Waals surface area contributed by atoms with Gasteiger partial charge < -0.3 is 10.5 Å². The van der Waals surface area contributed by atoms with Crippen LogP contribution in [-0.2, 0) is 4.74 Å². The minimum atomic E-state index is 0.552. The van der Waals surface area contributed by atoms with Crippen LogP contribution in [0, 0.1) is 6.92 Å².